The van der Waals surface area contributed by atoms with Crippen molar-refractivity contribution in [3.05, 3.63) is 164 Å². The van der Waals surface area contributed by atoms with E-state index in [0.29, 0.717) is 51.2 Å². The van der Waals surface area contributed by atoms with Gasteiger partial charge in [0.15, 0.2) is 0 Å². The van der Waals surface area contributed by atoms with Gasteiger partial charge in [-0.05, 0) is 124 Å². The lowest BCUT2D eigenvalue weighted by atomic mass is 9.68. The van der Waals surface area contributed by atoms with E-state index in [0.717, 1.165) is 66.9 Å². The van der Waals surface area contributed by atoms with Crippen molar-refractivity contribution < 1.29 is 0 Å². The molecule has 0 fully saturated rings. The lowest BCUT2D eigenvalue weighted by Crippen LogP contribution is -2.49. The fraction of sp³-hybridized carbons (Fsp3) is 0. The lowest BCUT2D eigenvalue weighted by molar-refractivity contribution is 1.09. The number of pyridine rings is 3. The first-order chi connectivity index (χ1) is 39.1. The van der Waals surface area contributed by atoms with Gasteiger partial charge in [0.25, 0.3) is 0 Å². The predicted octanol–water partition coefficient (Wildman–Crippen LogP) is -0.584. The summed E-state index contributed by atoms with van der Waals surface area (Å²) in [4.78, 5) is 29.7. The van der Waals surface area contributed by atoms with Gasteiger partial charge in [0, 0.05) is 33.8 Å². The topological polar surface area (TPSA) is 92.1 Å². The second-order valence-electron chi connectivity index (χ2n) is 19.5. The summed E-state index contributed by atoms with van der Waals surface area (Å²) in [5.41, 5.74) is 14.6. The molecule has 348 valence electrons. The number of nitrogens with zero attached hydrogens (tertiary/aromatic N) is 9. The summed E-state index contributed by atoms with van der Waals surface area (Å²) < 4.78 is 6.34. The molecule has 13 rings (SSSR count). The third kappa shape index (κ3) is 8.67. The van der Waals surface area contributed by atoms with Gasteiger partial charge in [-0.25, -0.2) is 15.0 Å². The Bertz CT molecular complexity index is 4250. The van der Waals surface area contributed by atoms with Gasteiger partial charge in [-0.2, -0.15) is 0 Å². The number of benzene rings is 7. The second-order valence-corrected chi connectivity index (χ2v) is 19.5. The van der Waals surface area contributed by atoms with Crippen LogP contribution in [0.4, 0.5) is 0 Å². The Morgan fingerprint density at radius 1 is 0.235 bits per heavy atom. The van der Waals surface area contributed by atoms with Crippen LogP contribution >= 0.6 is 0 Å². The Balaban J connectivity index is 1.04. The van der Waals surface area contributed by atoms with Gasteiger partial charge < -0.3 is 0 Å². The maximum absolute atomic E-state index is 6.47. The lowest BCUT2D eigenvalue weighted by Gasteiger charge is -2.17. The van der Waals surface area contributed by atoms with Gasteiger partial charge in [-0.15, -0.1) is 16.4 Å². The molecule has 0 saturated carbocycles. The molecule has 0 unspecified atom stereocenters. The first-order valence-electron chi connectivity index (χ1n) is 25.3. The Hall–Kier alpha value is -8.82. The van der Waals surface area contributed by atoms with Crippen molar-refractivity contribution in [1.29, 1.82) is 0 Å². The highest BCUT2D eigenvalue weighted by Gasteiger charge is 2.24. The number of hydrogen-bond acceptors (Lipinski definition) is 6. The van der Waals surface area contributed by atoms with Crippen molar-refractivity contribution in [2.75, 3.05) is 0 Å². The standard InChI is InChI=1S/C60H27B12N9/c61-43-46(64)52(76-55(70)49(43)67)28-13-19-34(20-14-28)79-40-10-4-1-7-37(40)73-58(79)31-25-32(59-74-38-8-2-5-11-41(38)80(59)35-21-15-29(16-22-35)53-47(65)44(62)50(68)56(71)77-53)27-33(26-31)60-75-39-9-3-6-12-42(39)81(60)36-23-17-30(18-24-36)54-48(66)45(63)51(69)57(72)78-54/h1-27H. The first kappa shape index (κ1) is 51.6. The molecule has 0 aliphatic carbocycles. The van der Waals surface area contributed by atoms with Crippen LogP contribution < -0.4 is 65.9 Å². The van der Waals surface area contributed by atoms with Crippen molar-refractivity contribution >= 4 is 193 Å². The Labute approximate surface area is 482 Å². The number of rotatable bonds is 9. The van der Waals surface area contributed by atoms with Gasteiger partial charge in [0.1, 0.15) is 112 Å². The average Bonchev–Trinajstić information content (AvgIpc) is 4.35. The third-order valence-corrected chi connectivity index (χ3v) is 14.6. The Morgan fingerprint density at radius 2 is 0.481 bits per heavy atom. The van der Waals surface area contributed by atoms with Gasteiger partial charge >= 0.3 is 0 Å². The van der Waals surface area contributed by atoms with Gasteiger partial charge in [0.2, 0.25) is 0 Å². The molecule has 6 aromatic heterocycles. The van der Waals surface area contributed by atoms with E-state index in [1.54, 1.807) is 0 Å². The molecule has 0 bridgehead atoms. The van der Waals surface area contributed by atoms with Crippen LogP contribution in [0.25, 0.3) is 118 Å². The quantitative estimate of drug-likeness (QED) is 0.180. The summed E-state index contributed by atoms with van der Waals surface area (Å²) in [6.07, 6.45) is 0. The zero-order chi connectivity index (χ0) is 56.1. The van der Waals surface area contributed by atoms with E-state index in [9.17, 15) is 0 Å². The fourth-order valence-electron chi connectivity index (χ4n) is 10.4. The van der Waals surface area contributed by atoms with Gasteiger partial charge in [-0.3, -0.25) is 28.7 Å². The molecule has 0 aliphatic rings. The van der Waals surface area contributed by atoms with E-state index in [4.69, 9.17) is 109 Å². The first-order valence-corrected chi connectivity index (χ1v) is 25.3. The molecular weight excluding hydrogens is 976 g/mol. The van der Waals surface area contributed by atoms with Crippen molar-refractivity contribution in [2.24, 2.45) is 0 Å². The Morgan fingerprint density at radius 3 is 0.741 bits per heavy atom. The average molecular weight is 1000 g/mol. The van der Waals surface area contributed by atoms with Crippen molar-refractivity contribution in [2.45, 2.75) is 0 Å². The van der Waals surface area contributed by atoms with E-state index < -0.39 is 0 Å². The SMILES string of the molecule is [B]c1nc(-c2ccc(-n3c(-c4cc(-c5nc6ccccc6n5-c5ccc(-c6nc([B])c([B])c([B])c6[B])cc5)cc(-c5nc6ccccc6n5-c5ccc(-c6nc([B])c([B])c([B])c6[B])cc5)c4)nc4ccccc43)cc2)c([B])c([B])c1[B]. The monoisotopic (exact) mass is 1010 g/mol. The number of imidazole rings is 3. The van der Waals surface area contributed by atoms with Crippen molar-refractivity contribution in [1.82, 2.24) is 43.6 Å². The van der Waals surface area contributed by atoms with Crippen LogP contribution in [-0.2, 0) is 0 Å². The highest BCUT2D eigenvalue weighted by Crippen LogP contribution is 2.39. The molecule has 21 heteroatoms. The van der Waals surface area contributed by atoms with E-state index in [1.807, 2.05) is 146 Å². The van der Waals surface area contributed by atoms with Crippen LogP contribution in [0.2, 0.25) is 0 Å². The van der Waals surface area contributed by atoms with Crippen LogP contribution in [0.5, 0.6) is 0 Å². The summed E-state index contributed by atoms with van der Waals surface area (Å²) >= 11 is 0. The zero-order valence-electron chi connectivity index (χ0n) is 43.0. The number of hydrogen-bond donors (Lipinski definition) is 0. The van der Waals surface area contributed by atoms with Crippen LogP contribution in [-0.4, -0.2) is 138 Å². The normalized spacial score (nSPS) is 11.6. The third-order valence-electron chi connectivity index (χ3n) is 14.6. The molecule has 81 heavy (non-hydrogen) atoms. The number of fused-ring (bicyclic) bond motifs is 3. The summed E-state index contributed by atoms with van der Waals surface area (Å²) in [6, 6.07) is 53.5. The minimum Gasteiger partial charge on any atom is -0.292 e. The van der Waals surface area contributed by atoms with Crippen LogP contribution in [0, 0.1) is 0 Å². The molecule has 0 aliphatic heterocycles. The van der Waals surface area contributed by atoms with Crippen LogP contribution in [0.1, 0.15) is 0 Å². The van der Waals surface area contributed by atoms with E-state index in [2.05, 4.69) is 46.9 Å². The highest BCUT2D eigenvalue weighted by molar-refractivity contribution is 6.64. The molecule has 0 N–H and O–H groups in total. The Kier molecular flexibility index (Phi) is 12.8. The second kappa shape index (κ2) is 20.1. The number of aromatic nitrogens is 9. The molecule has 24 radical (unpaired) electrons. The highest BCUT2D eigenvalue weighted by atomic mass is 15.1. The molecule has 6 heterocycles. The molecule has 13 aromatic rings. The summed E-state index contributed by atoms with van der Waals surface area (Å²) in [5.74, 6) is 1.89. The molecule has 7 aromatic carbocycles. The van der Waals surface area contributed by atoms with Gasteiger partial charge in [0.05, 0.1) is 50.2 Å². The maximum Gasteiger partial charge on any atom is 0.145 e. The largest absolute Gasteiger partial charge is 0.292 e. The molecule has 0 atom stereocenters. The summed E-state index contributed by atoms with van der Waals surface area (Å²) in [5, 5.41) is 0. The fourth-order valence-corrected chi connectivity index (χ4v) is 10.4. The van der Waals surface area contributed by atoms with Crippen molar-refractivity contribution in [3.8, 4) is 85.0 Å². The summed E-state index contributed by atoms with van der Waals surface area (Å²) in [7, 11) is 75.0. The minimum atomic E-state index is 0.0872. The summed E-state index contributed by atoms with van der Waals surface area (Å²) in [6.45, 7) is 0. The molecule has 0 spiro atoms. The number of para-hydroxylation sites is 6. The predicted molar refractivity (Wildman–Crippen MR) is 341 cm³/mol. The maximum atomic E-state index is 6.47. The molecule has 9 nitrogen and oxygen atoms in total. The molecule has 0 saturated heterocycles. The van der Waals surface area contributed by atoms with Crippen LogP contribution in [0.3, 0.4) is 0 Å². The van der Waals surface area contributed by atoms with Crippen LogP contribution in [0.15, 0.2) is 164 Å². The minimum absolute atomic E-state index is 0.0872. The molecule has 0 amide bonds. The molecular formula is C60H27B12N9. The smallest absolute Gasteiger partial charge is 0.145 e. The van der Waals surface area contributed by atoms with Gasteiger partial charge in [-0.1, -0.05) is 106 Å². The van der Waals surface area contributed by atoms with E-state index >= 15 is 0 Å². The van der Waals surface area contributed by atoms with Crippen molar-refractivity contribution in [3.63, 3.8) is 0 Å². The zero-order valence-corrected chi connectivity index (χ0v) is 43.0. The van der Waals surface area contributed by atoms with E-state index in [1.165, 1.54) is 0 Å². The van der Waals surface area contributed by atoms with E-state index in [-0.39, 0.29) is 65.9 Å².